The highest BCUT2D eigenvalue weighted by Gasteiger charge is 2.26. The van der Waals surface area contributed by atoms with E-state index >= 15 is 0 Å². The zero-order chi connectivity index (χ0) is 11.8. The highest BCUT2D eigenvalue weighted by atomic mass is 35.5. The molecule has 1 aromatic rings. The monoisotopic (exact) mass is 236 g/mol. The van der Waals surface area contributed by atoms with E-state index in [4.69, 9.17) is 16.3 Å². The molecule has 0 aliphatic carbocycles. The zero-order valence-corrected chi connectivity index (χ0v) is 10.6. The molecule has 2 heteroatoms. The number of rotatable bonds is 2. The highest BCUT2D eigenvalue weighted by Crippen LogP contribution is 2.34. The molecule has 16 heavy (non-hydrogen) atoms. The molecule has 1 nitrogen and oxygen atoms in total. The van der Waals surface area contributed by atoms with E-state index < -0.39 is 0 Å². The van der Waals surface area contributed by atoms with Gasteiger partial charge in [0.25, 0.3) is 0 Å². The second kappa shape index (κ2) is 4.14. The van der Waals surface area contributed by atoms with Crippen molar-refractivity contribution in [1.82, 2.24) is 0 Å². The summed E-state index contributed by atoms with van der Waals surface area (Å²) in [5.74, 6) is 1.48. The van der Waals surface area contributed by atoms with E-state index in [0.29, 0.717) is 5.88 Å². The van der Waals surface area contributed by atoms with Crippen LogP contribution in [0.4, 0.5) is 0 Å². The first-order valence-electron chi connectivity index (χ1n) is 5.58. The number of alkyl halides is 1. The van der Waals surface area contributed by atoms with Gasteiger partial charge in [0.1, 0.15) is 11.4 Å². The van der Waals surface area contributed by atoms with E-state index in [1.54, 1.807) is 0 Å². The number of aryl methyl sites for hydroxylation is 1. The van der Waals surface area contributed by atoms with Gasteiger partial charge in [0.2, 0.25) is 0 Å². The van der Waals surface area contributed by atoms with Crippen molar-refractivity contribution in [2.45, 2.75) is 32.3 Å². The Morgan fingerprint density at radius 2 is 2.25 bits per heavy atom. The van der Waals surface area contributed by atoms with Gasteiger partial charge in [0, 0.05) is 5.88 Å². The third-order valence-corrected chi connectivity index (χ3v) is 3.34. The van der Waals surface area contributed by atoms with Gasteiger partial charge in [-0.3, -0.25) is 0 Å². The third kappa shape index (κ3) is 2.25. The molecule has 0 radical (unpaired) electrons. The number of benzene rings is 1. The molecule has 0 atom stereocenters. The van der Waals surface area contributed by atoms with Gasteiger partial charge in [0.05, 0.1) is 0 Å². The number of hydrogen-bond donors (Lipinski definition) is 0. The Labute approximate surface area is 102 Å². The molecule has 0 spiro atoms. The van der Waals surface area contributed by atoms with Gasteiger partial charge in [-0.25, -0.2) is 0 Å². The molecule has 0 bridgehead atoms. The molecule has 0 amide bonds. The zero-order valence-electron chi connectivity index (χ0n) is 9.85. The summed E-state index contributed by atoms with van der Waals surface area (Å²) in [5.41, 5.74) is 3.31. The second-order valence-corrected chi connectivity index (χ2v) is 5.19. The Bertz CT molecular complexity index is 421. The fourth-order valence-corrected chi connectivity index (χ4v) is 2.11. The maximum Gasteiger partial charge on any atom is 0.123 e. The van der Waals surface area contributed by atoms with Crippen LogP contribution in [0.2, 0.25) is 0 Å². The van der Waals surface area contributed by atoms with Crippen LogP contribution < -0.4 is 4.74 Å². The normalized spacial score (nSPS) is 17.4. The molecule has 1 aliphatic rings. The van der Waals surface area contributed by atoms with Crippen molar-refractivity contribution in [2.75, 3.05) is 5.88 Å². The number of hydrogen-bond acceptors (Lipinski definition) is 1. The van der Waals surface area contributed by atoms with E-state index in [1.807, 2.05) is 12.1 Å². The first kappa shape index (κ1) is 11.5. The van der Waals surface area contributed by atoms with Gasteiger partial charge < -0.3 is 4.74 Å². The van der Waals surface area contributed by atoms with Crippen LogP contribution in [-0.4, -0.2) is 11.5 Å². The first-order valence-corrected chi connectivity index (χ1v) is 6.11. The van der Waals surface area contributed by atoms with Crippen molar-refractivity contribution in [3.8, 4) is 5.75 Å². The van der Waals surface area contributed by atoms with Crippen molar-refractivity contribution < 1.29 is 4.74 Å². The molecule has 86 valence electrons. The molecule has 0 fully saturated rings. The average Bonchev–Trinajstić information content (AvgIpc) is 2.26. The summed E-state index contributed by atoms with van der Waals surface area (Å²) >= 11 is 5.78. The maximum atomic E-state index is 5.92. The standard InChI is InChI=1S/C14H17ClO/c1-10(9-15)11-4-5-13-12(8-11)6-7-14(2,3)16-13/h4-5,8H,1,6-7,9H2,2-3H3. The molecule has 0 saturated carbocycles. The molecule has 0 aromatic heterocycles. The Balaban J connectivity index is 2.32. The molecule has 0 N–H and O–H groups in total. The van der Waals surface area contributed by atoms with Crippen LogP contribution in [0.15, 0.2) is 24.8 Å². The summed E-state index contributed by atoms with van der Waals surface area (Å²) in [4.78, 5) is 0. The molecule has 0 saturated heterocycles. The first-order chi connectivity index (χ1) is 7.52. The SMILES string of the molecule is C=C(CCl)c1ccc2c(c1)CCC(C)(C)O2. The lowest BCUT2D eigenvalue weighted by atomic mass is 9.92. The fraction of sp³-hybridized carbons (Fsp3) is 0.429. The lowest BCUT2D eigenvalue weighted by molar-refractivity contribution is 0.0847. The molecule has 0 unspecified atom stereocenters. The van der Waals surface area contributed by atoms with Crippen molar-refractivity contribution in [1.29, 1.82) is 0 Å². The van der Waals surface area contributed by atoms with Crippen molar-refractivity contribution in [3.63, 3.8) is 0 Å². The fourth-order valence-electron chi connectivity index (χ4n) is 1.96. The van der Waals surface area contributed by atoms with E-state index in [-0.39, 0.29) is 5.60 Å². The molecular formula is C14H17ClO. The van der Waals surface area contributed by atoms with Crippen LogP contribution in [0, 0.1) is 0 Å². The van der Waals surface area contributed by atoms with Gasteiger partial charge in [-0.15, -0.1) is 11.6 Å². The molecular weight excluding hydrogens is 220 g/mol. The number of fused-ring (bicyclic) bond motifs is 1. The third-order valence-electron chi connectivity index (χ3n) is 3.01. The highest BCUT2D eigenvalue weighted by molar-refractivity contribution is 6.23. The van der Waals surface area contributed by atoms with Gasteiger partial charge in [-0.2, -0.15) is 0 Å². The predicted octanol–water partition coefficient (Wildman–Crippen LogP) is 4.04. The average molecular weight is 237 g/mol. The minimum atomic E-state index is -0.0436. The molecule has 1 aromatic carbocycles. The lowest BCUT2D eigenvalue weighted by Gasteiger charge is -2.32. The van der Waals surface area contributed by atoms with E-state index in [9.17, 15) is 0 Å². The van der Waals surface area contributed by atoms with Gasteiger partial charge >= 0.3 is 0 Å². The largest absolute Gasteiger partial charge is 0.488 e. The Hall–Kier alpha value is -0.950. The van der Waals surface area contributed by atoms with Gasteiger partial charge in [0.15, 0.2) is 0 Å². The quantitative estimate of drug-likeness (QED) is 0.705. The summed E-state index contributed by atoms with van der Waals surface area (Å²) in [7, 11) is 0. The minimum Gasteiger partial charge on any atom is -0.488 e. The topological polar surface area (TPSA) is 9.23 Å². The lowest BCUT2D eigenvalue weighted by Crippen LogP contribution is -2.32. The van der Waals surface area contributed by atoms with Crippen LogP contribution in [0.3, 0.4) is 0 Å². The summed E-state index contributed by atoms with van der Waals surface area (Å²) in [6, 6.07) is 6.21. The smallest absolute Gasteiger partial charge is 0.123 e. The number of ether oxygens (including phenoxy) is 1. The van der Waals surface area contributed by atoms with Crippen LogP contribution in [-0.2, 0) is 6.42 Å². The Morgan fingerprint density at radius 3 is 2.94 bits per heavy atom. The summed E-state index contributed by atoms with van der Waals surface area (Å²) < 4.78 is 5.92. The van der Waals surface area contributed by atoms with E-state index in [0.717, 1.165) is 29.7 Å². The summed E-state index contributed by atoms with van der Waals surface area (Å²) in [6.07, 6.45) is 2.11. The van der Waals surface area contributed by atoms with Crippen LogP contribution >= 0.6 is 11.6 Å². The van der Waals surface area contributed by atoms with Gasteiger partial charge in [-0.05, 0) is 55.5 Å². The molecule has 2 rings (SSSR count). The molecule has 1 aliphatic heterocycles. The maximum absolute atomic E-state index is 5.92. The molecule has 1 heterocycles. The second-order valence-electron chi connectivity index (χ2n) is 4.92. The number of allylic oxidation sites excluding steroid dienone is 1. The predicted molar refractivity (Wildman–Crippen MR) is 69.2 cm³/mol. The van der Waals surface area contributed by atoms with Crippen molar-refractivity contribution in [2.24, 2.45) is 0 Å². The van der Waals surface area contributed by atoms with Crippen LogP contribution in [0.25, 0.3) is 5.57 Å². The summed E-state index contributed by atoms with van der Waals surface area (Å²) in [5, 5.41) is 0. The minimum absolute atomic E-state index is 0.0436. The van der Waals surface area contributed by atoms with E-state index in [1.165, 1.54) is 5.56 Å². The van der Waals surface area contributed by atoms with Crippen LogP contribution in [0.1, 0.15) is 31.4 Å². The van der Waals surface area contributed by atoms with Crippen LogP contribution in [0.5, 0.6) is 5.75 Å². The van der Waals surface area contributed by atoms with E-state index in [2.05, 4.69) is 26.5 Å². The van der Waals surface area contributed by atoms with Crippen molar-refractivity contribution in [3.05, 3.63) is 35.9 Å². The Kier molecular flexibility index (Phi) is 2.98. The van der Waals surface area contributed by atoms with Gasteiger partial charge in [-0.1, -0.05) is 12.6 Å². The Morgan fingerprint density at radius 1 is 1.50 bits per heavy atom. The summed E-state index contributed by atoms with van der Waals surface area (Å²) in [6.45, 7) is 8.20. The van der Waals surface area contributed by atoms with Crippen molar-refractivity contribution >= 4 is 17.2 Å². The number of halogens is 1.